The Morgan fingerprint density at radius 2 is 1.91 bits per heavy atom. The van der Waals surface area contributed by atoms with E-state index in [1.807, 2.05) is 37.5 Å². The van der Waals surface area contributed by atoms with Crippen molar-refractivity contribution in [1.82, 2.24) is 19.1 Å². The summed E-state index contributed by atoms with van der Waals surface area (Å²) >= 11 is 5.94. The maximum atomic E-state index is 12.9. The maximum absolute atomic E-state index is 12.9. The molecule has 6 heteroatoms. The van der Waals surface area contributed by atoms with E-state index >= 15 is 0 Å². The third-order valence-corrected chi connectivity index (χ3v) is 3.86. The molecule has 0 aliphatic heterocycles. The van der Waals surface area contributed by atoms with Gasteiger partial charge in [-0.1, -0.05) is 25.4 Å². The summed E-state index contributed by atoms with van der Waals surface area (Å²) < 4.78 is 3.51. The highest BCUT2D eigenvalue weighted by molar-refractivity contribution is 6.30. The van der Waals surface area contributed by atoms with Crippen LogP contribution in [0.4, 0.5) is 0 Å². The fourth-order valence-electron chi connectivity index (χ4n) is 2.47. The molecule has 0 unspecified atom stereocenters. The van der Waals surface area contributed by atoms with Crippen LogP contribution in [-0.2, 0) is 6.54 Å². The molecular weight excluding hydrogens is 300 g/mol. The van der Waals surface area contributed by atoms with Crippen molar-refractivity contribution in [1.29, 1.82) is 0 Å². The largest absolute Gasteiger partial charge is 0.315 e. The Hall–Kier alpha value is -2.14. The summed E-state index contributed by atoms with van der Waals surface area (Å²) in [6, 6.07) is 7.17. The van der Waals surface area contributed by atoms with Gasteiger partial charge in [-0.05, 0) is 31.2 Å². The molecular formula is C16H17ClN4O. The van der Waals surface area contributed by atoms with Gasteiger partial charge in [-0.3, -0.25) is 9.36 Å². The predicted octanol–water partition coefficient (Wildman–Crippen LogP) is 3.38. The number of hydrogen-bond acceptors (Lipinski definition) is 3. The van der Waals surface area contributed by atoms with E-state index in [9.17, 15) is 4.79 Å². The van der Waals surface area contributed by atoms with E-state index in [-0.39, 0.29) is 11.5 Å². The highest BCUT2D eigenvalue weighted by Crippen LogP contribution is 2.20. The zero-order chi connectivity index (χ0) is 15.9. The summed E-state index contributed by atoms with van der Waals surface area (Å²) in [4.78, 5) is 21.8. The first-order valence-corrected chi connectivity index (χ1v) is 7.64. The molecule has 0 bridgehead atoms. The first-order chi connectivity index (χ1) is 10.5. The number of imidazole rings is 1. The van der Waals surface area contributed by atoms with Gasteiger partial charge in [0.15, 0.2) is 11.2 Å². The average Bonchev–Trinajstić information content (AvgIpc) is 2.91. The molecule has 5 nitrogen and oxygen atoms in total. The first-order valence-electron chi connectivity index (χ1n) is 7.26. The number of aryl methyl sites for hydroxylation is 1. The Bertz CT molecular complexity index is 878. The van der Waals surface area contributed by atoms with E-state index in [0.717, 1.165) is 18.1 Å². The van der Waals surface area contributed by atoms with Crippen molar-refractivity contribution in [3.05, 3.63) is 51.8 Å². The number of halogens is 1. The quantitative estimate of drug-likeness (QED) is 0.744. The molecule has 22 heavy (non-hydrogen) atoms. The number of hydrogen-bond donors (Lipinski definition) is 0. The van der Waals surface area contributed by atoms with Gasteiger partial charge >= 0.3 is 0 Å². The molecule has 0 aliphatic rings. The number of fused-ring (bicyclic) bond motifs is 1. The summed E-state index contributed by atoms with van der Waals surface area (Å²) in [5, 5.41) is 0.632. The number of aromatic nitrogens is 4. The molecule has 0 atom stereocenters. The van der Waals surface area contributed by atoms with Crippen LogP contribution in [0, 0.1) is 0 Å². The molecule has 0 fully saturated rings. The molecule has 1 aromatic carbocycles. The van der Waals surface area contributed by atoms with Crippen molar-refractivity contribution in [3.8, 4) is 5.69 Å². The number of nitrogens with zero attached hydrogens (tertiary/aromatic N) is 4. The van der Waals surface area contributed by atoms with Crippen molar-refractivity contribution in [2.45, 2.75) is 33.2 Å². The standard InChI is InChI=1S/C16H17ClN4O/c1-4-20-9-18-13-15(20)19-14(10(2)3)21(16(13)22)12-7-5-11(17)6-8-12/h5-10H,4H2,1-3H3. The van der Waals surface area contributed by atoms with E-state index in [4.69, 9.17) is 16.6 Å². The lowest BCUT2D eigenvalue weighted by molar-refractivity contribution is 0.709. The topological polar surface area (TPSA) is 52.7 Å². The monoisotopic (exact) mass is 316 g/mol. The minimum atomic E-state index is -0.150. The summed E-state index contributed by atoms with van der Waals surface area (Å²) in [7, 11) is 0. The van der Waals surface area contributed by atoms with Crippen LogP contribution < -0.4 is 5.56 Å². The Morgan fingerprint density at radius 1 is 1.23 bits per heavy atom. The van der Waals surface area contributed by atoms with Crippen molar-refractivity contribution in [2.75, 3.05) is 0 Å². The van der Waals surface area contributed by atoms with Gasteiger partial charge in [-0.25, -0.2) is 9.97 Å². The fourth-order valence-corrected chi connectivity index (χ4v) is 2.60. The van der Waals surface area contributed by atoms with E-state index in [2.05, 4.69) is 4.98 Å². The number of rotatable bonds is 3. The lowest BCUT2D eigenvalue weighted by Gasteiger charge is -2.15. The second-order valence-corrected chi connectivity index (χ2v) is 5.88. The van der Waals surface area contributed by atoms with Crippen LogP contribution in [0.1, 0.15) is 32.5 Å². The van der Waals surface area contributed by atoms with Crippen molar-refractivity contribution < 1.29 is 0 Å². The van der Waals surface area contributed by atoms with Crippen LogP contribution in [0.5, 0.6) is 0 Å². The fraction of sp³-hybridized carbons (Fsp3) is 0.312. The first kappa shape index (κ1) is 14.8. The Balaban J connectivity index is 2.37. The summed E-state index contributed by atoms with van der Waals surface area (Å²) in [5.41, 5.74) is 1.63. The Labute approximate surface area is 133 Å². The zero-order valence-electron chi connectivity index (χ0n) is 12.7. The van der Waals surface area contributed by atoms with Crippen LogP contribution in [-0.4, -0.2) is 19.1 Å². The van der Waals surface area contributed by atoms with Crippen molar-refractivity contribution in [3.63, 3.8) is 0 Å². The van der Waals surface area contributed by atoms with Gasteiger partial charge < -0.3 is 4.57 Å². The normalized spacial score (nSPS) is 11.5. The predicted molar refractivity (Wildman–Crippen MR) is 87.9 cm³/mol. The van der Waals surface area contributed by atoms with Gasteiger partial charge in [0.1, 0.15) is 5.82 Å². The molecule has 0 aliphatic carbocycles. The molecule has 0 N–H and O–H groups in total. The molecule has 0 radical (unpaired) electrons. The lowest BCUT2D eigenvalue weighted by Crippen LogP contribution is -2.25. The molecule has 0 saturated carbocycles. The van der Waals surface area contributed by atoms with Gasteiger partial charge in [-0.15, -0.1) is 0 Å². The average molecular weight is 317 g/mol. The van der Waals surface area contributed by atoms with E-state index in [1.54, 1.807) is 23.0 Å². The van der Waals surface area contributed by atoms with Gasteiger partial charge in [0, 0.05) is 17.5 Å². The minimum absolute atomic E-state index is 0.105. The Kier molecular flexibility index (Phi) is 3.74. The van der Waals surface area contributed by atoms with Crippen LogP contribution in [0.3, 0.4) is 0 Å². The van der Waals surface area contributed by atoms with E-state index in [1.165, 1.54) is 0 Å². The maximum Gasteiger partial charge on any atom is 0.286 e. The zero-order valence-corrected chi connectivity index (χ0v) is 13.5. The van der Waals surface area contributed by atoms with Crippen LogP contribution in [0.15, 0.2) is 35.4 Å². The second kappa shape index (κ2) is 5.57. The van der Waals surface area contributed by atoms with Gasteiger partial charge in [-0.2, -0.15) is 0 Å². The summed E-state index contributed by atoms with van der Waals surface area (Å²) in [6.45, 7) is 6.77. The Morgan fingerprint density at radius 3 is 2.50 bits per heavy atom. The molecule has 0 spiro atoms. The van der Waals surface area contributed by atoms with E-state index in [0.29, 0.717) is 16.2 Å². The molecule has 3 aromatic rings. The van der Waals surface area contributed by atoms with Gasteiger partial charge in [0.2, 0.25) is 0 Å². The molecule has 114 valence electrons. The molecule has 0 saturated heterocycles. The third-order valence-electron chi connectivity index (χ3n) is 3.61. The molecule has 3 rings (SSSR count). The smallest absolute Gasteiger partial charge is 0.286 e. The number of benzene rings is 1. The highest BCUT2D eigenvalue weighted by atomic mass is 35.5. The molecule has 0 amide bonds. The van der Waals surface area contributed by atoms with Crippen LogP contribution in [0.25, 0.3) is 16.9 Å². The van der Waals surface area contributed by atoms with Crippen molar-refractivity contribution in [2.24, 2.45) is 0 Å². The molecule has 2 aromatic heterocycles. The van der Waals surface area contributed by atoms with Crippen LogP contribution in [0.2, 0.25) is 5.02 Å². The van der Waals surface area contributed by atoms with Crippen molar-refractivity contribution >= 4 is 22.8 Å². The SMILES string of the molecule is CCn1cnc2c(=O)n(-c3ccc(Cl)cc3)c(C(C)C)nc21. The second-order valence-electron chi connectivity index (χ2n) is 5.44. The van der Waals surface area contributed by atoms with Gasteiger partial charge in [0.05, 0.1) is 12.0 Å². The summed E-state index contributed by atoms with van der Waals surface area (Å²) in [6.07, 6.45) is 1.66. The lowest BCUT2D eigenvalue weighted by atomic mass is 10.2. The van der Waals surface area contributed by atoms with Gasteiger partial charge in [0.25, 0.3) is 5.56 Å². The minimum Gasteiger partial charge on any atom is -0.315 e. The molecule has 2 heterocycles. The third kappa shape index (κ3) is 2.31. The highest BCUT2D eigenvalue weighted by Gasteiger charge is 2.18. The van der Waals surface area contributed by atoms with Crippen LogP contribution >= 0.6 is 11.6 Å². The summed E-state index contributed by atoms with van der Waals surface area (Å²) in [5.74, 6) is 0.822. The van der Waals surface area contributed by atoms with E-state index < -0.39 is 0 Å².